The number of carbonyl (C=O) groups excluding carboxylic acids is 2. The molecule has 7 atom stereocenters. The Morgan fingerprint density at radius 3 is 2.67 bits per heavy atom. The molecule has 0 radical (unpaired) electrons. The van der Waals surface area contributed by atoms with E-state index in [1.165, 1.54) is 16.2 Å². The lowest BCUT2D eigenvalue weighted by Crippen LogP contribution is -2.42. The maximum atomic E-state index is 13.4. The molecule has 2 amide bonds. The first-order valence-corrected chi connectivity index (χ1v) is 13.2. The Bertz CT molecular complexity index is 1170. The maximum absolute atomic E-state index is 13.4. The van der Waals surface area contributed by atoms with E-state index in [-0.39, 0.29) is 63.9 Å². The maximum Gasteiger partial charge on any atom is 0.305 e. The average Bonchev–Trinajstić information content (AvgIpc) is 3.57. The number of aromatic amines is 1. The second-order valence-electron chi connectivity index (χ2n) is 9.51. The topological polar surface area (TPSA) is 121 Å². The molecule has 2 bridgehead atoms. The number of rotatable bonds is 7. The van der Waals surface area contributed by atoms with Crippen molar-refractivity contribution in [2.24, 2.45) is 29.6 Å². The molecule has 2 aliphatic carbocycles. The van der Waals surface area contributed by atoms with Crippen LogP contribution < -0.4 is 4.87 Å². The lowest BCUT2D eigenvalue weighted by Gasteiger charge is -2.42. The summed E-state index contributed by atoms with van der Waals surface area (Å²) < 4.78 is 5.81. The van der Waals surface area contributed by atoms with Crippen LogP contribution in [0.1, 0.15) is 48.7 Å². The first-order valence-electron chi connectivity index (χ1n) is 11.5. The molecule has 2 aromatic heterocycles. The molecule has 1 saturated heterocycles. The number of carbonyl (C=O) groups is 3. The van der Waals surface area contributed by atoms with E-state index in [2.05, 4.69) is 4.98 Å². The van der Waals surface area contributed by atoms with Crippen molar-refractivity contribution in [3.63, 3.8) is 0 Å². The van der Waals surface area contributed by atoms with Gasteiger partial charge in [0.15, 0.2) is 0 Å². The third-order valence-corrected chi connectivity index (χ3v) is 10.5. The van der Waals surface area contributed by atoms with Gasteiger partial charge < -0.3 is 14.5 Å². The van der Waals surface area contributed by atoms with Gasteiger partial charge in [-0.2, -0.15) is 0 Å². The molecule has 0 spiro atoms. The summed E-state index contributed by atoms with van der Waals surface area (Å²) in [5.41, 5.74) is 0. The molecule has 10 heteroatoms. The summed E-state index contributed by atoms with van der Waals surface area (Å²) in [6, 6.07) is 3.80. The third-order valence-electron chi connectivity index (χ3n) is 7.94. The smallest absolute Gasteiger partial charge is 0.305 e. The summed E-state index contributed by atoms with van der Waals surface area (Å²) in [5.74, 6) is -0.429. The van der Waals surface area contributed by atoms with Crippen LogP contribution in [-0.2, 0) is 14.4 Å². The van der Waals surface area contributed by atoms with E-state index in [0.29, 0.717) is 25.8 Å². The normalized spacial score (nSPS) is 33.9. The highest BCUT2D eigenvalue weighted by Gasteiger charge is 2.69. The third kappa shape index (κ3) is 3.17. The van der Waals surface area contributed by atoms with Crippen molar-refractivity contribution in [3.05, 3.63) is 38.7 Å². The van der Waals surface area contributed by atoms with Crippen LogP contribution in [0.25, 0.3) is 0 Å². The molecule has 174 valence electrons. The first kappa shape index (κ1) is 21.2. The first-order chi connectivity index (χ1) is 16.0. The summed E-state index contributed by atoms with van der Waals surface area (Å²) in [5, 5.41) is 9.83. The minimum atomic E-state index is -0.824. The molecule has 2 saturated carbocycles. The molecule has 4 aliphatic rings. The van der Waals surface area contributed by atoms with Crippen LogP contribution in [0.3, 0.4) is 0 Å². The molecule has 8 nitrogen and oxygen atoms in total. The SMILES string of the molecule is O=C(O)CCCCCN1C(=O)C2C3CC(C2C1=O)C1C3Sc2[nH]c(=O)sc2[C@@H]1c1ccco1. The zero-order valence-corrected chi connectivity index (χ0v) is 19.4. The van der Waals surface area contributed by atoms with E-state index < -0.39 is 5.97 Å². The number of unbranched alkanes of at least 4 members (excludes halogenated alkanes) is 2. The highest BCUT2D eigenvalue weighted by atomic mass is 32.2. The largest absolute Gasteiger partial charge is 0.481 e. The molecule has 2 N–H and O–H groups in total. The second kappa shape index (κ2) is 7.87. The highest BCUT2D eigenvalue weighted by Crippen LogP contribution is 2.68. The van der Waals surface area contributed by atoms with Crippen LogP contribution >= 0.6 is 23.1 Å². The van der Waals surface area contributed by atoms with Gasteiger partial charge in [0, 0.05) is 18.2 Å². The number of likely N-dealkylation sites (tertiary alicyclic amines) is 1. The number of H-pyrrole nitrogens is 1. The molecule has 4 heterocycles. The number of thioether (sulfide) groups is 1. The predicted molar refractivity (Wildman–Crippen MR) is 120 cm³/mol. The molecule has 2 aromatic rings. The zero-order chi connectivity index (χ0) is 22.9. The number of imide groups is 1. The van der Waals surface area contributed by atoms with Gasteiger partial charge in [-0.3, -0.25) is 24.1 Å². The number of furan rings is 1. The van der Waals surface area contributed by atoms with Gasteiger partial charge in [0.25, 0.3) is 0 Å². The molecule has 6 rings (SSSR count). The predicted octanol–water partition coefficient (Wildman–Crippen LogP) is 3.15. The van der Waals surface area contributed by atoms with Crippen molar-refractivity contribution >= 4 is 40.9 Å². The number of carboxylic acids is 1. The van der Waals surface area contributed by atoms with Gasteiger partial charge in [-0.1, -0.05) is 17.8 Å². The number of hydrogen-bond acceptors (Lipinski definition) is 7. The molecular formula is C23H24N2O6S2. The van der Waals surface area contributed by atoms with Crippen molar-refractivity contribution in [2.45, 2.75) is 48.3 Å². The van der Waals surface area contributed by atoms with Crippen LogP contribution in [0, 0.1) is 29.6 Å². The van der Waals surface area contributed by atoms with E-state index in [9.17, 15) is 19.2 Å². The Morgan fingerprint density at radius 2 is 1.94 bits per heavy atom. The number of fused-ring (bicyclic) bond motifs is 9. The second-order valence-corrected chi connectivity index (χ2v) is 11.7. The monoisotopic (exact) mass is 488 g/mol. The van der Waals surface area contributed by atoms with Crippen LogP contribution in [-0.4, -0.2) is 44.6 Å². The van der Waals surface area contributed by atoms with Crippen LogP contribution in [0.4, 0.5) is 0 Å². The lowest BCUT2D eigenvalue weighted by atomic mass is 9.69. The summed E-state index contributed by atoms with van der Waals surface area (Å²) in [7, 11) is 0. The van der Waals surface area contributed by atoms with Gasteiger partial charge in [0.05, 0.1) is 33.9 Å². The van der Waals surface area contributed by atoms with E-state index >= 15 is 0 Å². The number of carboxylic acid groups (broad SMARTS) is 1. The number of aromatic nitrogens is 1. The standard InChI is InChI=1S/C23H24N2O6S2/c26-13(27)6-2-1-3-7-25-21(28)15-10-9-11(16(15)22(25)29)18-14(10)17(12-5-4-8-31-12)19-20(32-18)24-23(30)33-19/h4-5,8,10-11,14-18H,1-3,6-7,9H2,(H,24,30)(H,26,27)/t10?,11?,14?,15?,16?,17-,18?/m1/s1. The van der Waals surface area contributed by atoms with Gasteiger partial charge in [-0.25, -0.2) is 0 Å². The summed E-state index contributed by atoms with van der Waals surface area (Å²) in [6.07, 6.45) is 4.48. The van der Waals surface area contributed by atoms with Gasteiger partial charge >= 0.3 is 10.8 Å². The fourth-order valence-corrected chi connectivity index (χ4v) is 9.68. The zero-order valence-electron chi connectivity index (χ0n) is 17.8. The highest BCUT2D eigenvalue weighted by molar-refractivity contribution is 8.00. The van der Waals surface area contributed by atoms with E-state index in [0.717, 1.165) is 22.1 Å². The number of nitrogens with one attached hydrogen (secondary N) is 1. The quantitative estimate of drug-likeness (QED) is 0.454. The lowest BCUT2D eigenvalue weighted by molar-refractivity contribution is -0.141. The van der Waals surface area contributed by atoms with E-state index in [1.54, 1.807) is 18.0 Å². The van der Waals surface area contributed by atoms with Gasteiger partial charge in [0.1, 0.15) is 5.76 Å². The van der Waals surface area contributed by atoms with Crippen molar-refractivity contribution < 1.29 is 23.9 Å². The Morgan fingerprint density at radius 1 is 1.15 bits per heavy atom. The molecule has 0 aromatic carbocycles. The number of hydrogen-bond donors (Lipinski definition) is 2. The van der Waals surface area contributed by atoms with Crippen molar-refractivity contribution in [1.29, 1.82) is 0 Å². The number of nitrogens with zero attached hydrogens (tertiary/aromatic N) is 1. The molecule has 6 unspecified atom stereocenters. The van der Waals surface area contributed by atoms with E-state index in [4.69, 9.17) is 9.52 Å². The minimum absolute atomic E-state index is 0.0612. The molecular weight excluding hydrogens is 464 g/mol. The fraction of sp³-hybridized carbons (Fsp3) is 0.565. The number of aliphatic carboxylic acids is 1. The summed E-state index contributed by atoms with van der Waals surface area (Å²) in [4.78, 5) is 54.9. The van der Waals surface area contributed by atoms with Crippen molar-refractivity contribution in [3.8, 4) is 0 Å². The summed E-state index contributed by atoms with van der Waals surface area (Å²) >= 11 is 2.89. The van der Waals surface area contributed by atoms with Crippen molar-refractivity contribution in [2.75, 3.05) is 6.54 Å². The van der Waals surface area contributed by atoms with Gasteiger partial charge in [-0.15, -0.1) is 11.8 Å². The van der Waals surface area contributed by atoms with Crippen LogP contribution in [0.15, 0.2) is 32.6 Å². The summed E-state index contributed by atoms with van der Waals surface area (Å²) in [6.45, 7) is 0.370. The minimum Gasteiger partial charge on any atom is -0.481 e. The van der Waals surface area contributed by atoms with Gasteiger partial charge in [0.2, 0.25) is 11.8 Å². The van der Waals surface area contributed by atoms with Crippen LogP contribution in [0.5, 0.6) is 0 Å². The van der Waals surface area contributed by atoms with Gasteiger partial charge in [-0.05, 0) is 49.1 Å². The average molecular weight is 489 g/mol. The Kier molecular flexibility index (Phi) is 5.06. The van der Waals surface area contributed by atoms with Crippen molar-refractivity contribution in [1.82, 2.24) is 9.88 Å². The number of thiazole rings is 1. The van der Waals surface area contributed by atoms with Crippen LogP contribution in [0.2, 0.25) is 0 Å². The van der Waals surface area contributed by atoms with E-state index in [1.807, 2.05) is 12.1 Å². The Hall–Kier alpha value is -2.33. The molecule has 3 fully saturated rings. The Balaban J connectivity index is 1.27. The molecule has 33 heavy (non-hydrogen) atoms. The molecule has 2 aliphatic heterocycles. The number of amides is 2. The fourth-order valence-electron chi connectivity index (χ4n) is 6.81. The Labute approximate surface area is 197 Å².